The van der Waals surface area contributed by atoms with Crippen molar-refractivity contribution in [3.05, 3.63) is 54.1 Å². The Morgan fingerprint density at radius 2 is 1.23 bits per heavy atom. The highest BCUT2D eigenvalue weighted by Crippen LogP contribution is 2.49. The highest BCUT2D eigenvalue weighted by molar-refractivity contribution is 5.76. The fourth-order valence-electron chi connectivity index (χ4n) is 4.33. The average molecular weight is 351 g/mol. The zero-order valence-corrected chi connectivity index (χ0v) is 16.6. The van der Waals surface area contributed by atoms with E-state index in [0.29, 0.717) is 0 Å². The second kappa shape index (κ2) is 9.26. The Labute approximate surface area is 159 Å². The van der Waals surface area contributed by atoms with Crippen molar-refractivity contribution >= 4 is 0 Å². The number of ether oxygens (including phenoxy) is 1. The van der Waals surface area contributed by atoms with E-state index < -0.39 is 0 Å². The normalized spacial score (nSPS) is 14.4. The molecule has 0 saturated heterocycles. The molecule has 1 aliphatic heterocycles. The molecule has 2 aromatic rings. The summed E-state index contributed by atoms with van der Waals surface area (Å²) in [5, 5.41) is 0. The summed E-state index contributed by atoms with van der Waals surface area (Å²) in [7, 11) is 0. The van der Waals surface area contributed by atoms with E-state index in [9.17, 15) is 0 Å². The van der Waals surface area contributed by atoms with Crippen LogP contribution < -0.4 is 4.74 Å². The van der Waals surface area contributed by atoms with Crippen LogP contribution >= 0.6 is 0 Å². The first-order valence-electron chi connectivity index (χ1n) is 10.7. The average Bonchev–Trinajstić information content (AvgIpc) is 2.69. The lowest BCUT2D eigenvalue weighted by molar-refractivity contribution is 0.0386. The summed E-state index contributed by atoms with van der Waals surface area (Å²) >= 11 is 0. The molecule has 0 atom stereocenters. The molecule has 1 nitrogen and oxygen atoms in total. The molecule has 26 heavy (non-hydrogen) atoms. The lowest BCUT2D eigenvalue weighted by atomic mass is 9.77. The van der Waals surface area contributed by atoms with Gasteiger partial charge in [0, 0.05) is 11.1 Å². The maximum absolute atomic E-state index is 6.81. The van der Waals surface area contributed by atoms with Gasteiger partial charge in [0.1, 0.15) is 11.4 Å². The molecule has 0 N–H and O–H groups in total. The van der Waals surface area contributed by atoms with Crippen LogP contribution in [0.25, 0.3) is 11.1 Å². The fraction of sp³-hybridized carbons (Fsp3) is 0.520. The number of benzene rings is 2. The maximum atomic E-state index is 6.81. The molecule has 2 aromatic carbocycles. The Hall–Kier alpha value is -1.76. The van der Waals surface area contributed by atoms with Gasteiger partial charge in [0.05, 0.1) is 0 Å². The van der Waals surface area contributed by atoms with E-state index in [-0.39, 0.29) is 5.60 Å². The van der Waals surface area contributed by atoms with Crippen molar-refractivity contribution in [3.63, 3.8) is 0 Å². The van der Waals surface area contributed by atoms with E-state index in [1.54, 1.807) is 0 Å². The van der Waals surface area contributed by atoms with Gasteiger partial charge in [-0.3, -0.25) is 0 Å². The van der Waals surface area contributed by atoms with Crippen LogP contribution in [0.4, 0.5) is 0 Å². The van der Waals surface area contributed by atoms with Gasteiger partial charge in [-0.1, -0.05) is 94.8 Å². The lowest BCUT2D eigenvalue weighted by Crippen LogP contribution is -2.36. The van der Waals surface area contributed by atoms with Gasteiger partial charge in [-0.05, 0) is 37.3 Å². The highest BCUT2D eigenvalue weighted by atomic mass is 16.5. The molecular formula is C25H34O. The summed E-state index contributed by atoms with van der Waals surface area (Å²) in [5.41, 5.74) is 3.89. The van der Waals surface area contributed by atoms with E-state index in [0.717, 1.165) is 18.6 Å². The Bertz CT molecular complexity index is 676. The zero-order chi connectivity index (χ0) is 18.2. The quantitative estimate of drug-likeness (QED) is 0.396. The molecule has 1 heteroatoms. The zero-order valence-electron chi connectivity index (χ0n) is 16.6. The number of rotatable bonds is 10. The molecule has 140 valence electrons. The van der Waals surface area contributed by atoms with Crippen LogP contribution in [0.2, 0.25) is 0 Å². The van der Waals surface area contributed by atoms with E-state index in [2.05, 4.69) is 62.4 Å². The van der Waals surface area contributed by atoms with Crippen molar-refractivity contribution in [2.24, 2.45) is 0 Å². The monoisotopic (exact) mass is 350 g/mol. The van der Waals surface area contributed by atoms with Crippen molar-refractivity contribution in [2.45, 2.75) is 83.7 Å². The van der Waals surface area contributed by atoms with Gasteiger partial charge in [0.15, 0.2) is 0 Å². The minimum atomic E-state index is -0.146. The topological polar surface area (TPSA) is 9.23 Å². The van der Waals surface area contributed by atoms with E-state index in [1.807, 2.05) is 0 Å². The molecule has 0 fully saturated rings. The molecule has 0 radical (unpaired) electrons. The molecule has 0 aromatic heterocycles. The molecule has 0 unspecified atom stereocenters. The number of fused-ring (bicyclic) bond motifs is 3. The molecule has 0 bridgehead atoms. The smallest absolute Gasteiger partial charge is 0.135 e. The van der Waals surface area contributed by atoms with Crippen molar-refractivity contribution in [3.8, 4) is 16.9 Å². The van der Waals surface area contributed by atoms with Crippen LogP contribution in [0, 0.1) is 0 Å². The third kappa shape index (κ3) is 4.14. The molecular weight excluding hydrogens is 316 g/mol. The number of para-hydroxylation sites is 1. The minimum Gasteiger partial charge on any atom is -0.482 e. The highest BCUT2D eigenvalue weighted by Gasteiger charge is 2.39. The first-order valence-corrected chi connectivity index (χ1v) is 10.7. The van der Waals surface area contributed by atoms with Crippen molar-refractivity contribution in [1.29, 1.82) is 0 Å². The van der Waals surface area contributed by atoms with E-state index in [1.165, 1.54) is 68.1 Å². The van der Waals surface area contributed by atoms with Gasteiger partial charge >= 0.3 is 0 Å². The van der Waals surface area contributed by atoms with Gasteiger partial charge < -0.3 is 4.74 Å². The maximum Gasteiger partial charge on any atom is 0.135 e. The first-order chi connectivity index (χ1) is 12.8. The number of hydrogen-bond donors (Lipinski definition) is 0. The van der Waals surface area contributed by atoms with Crippen molar-refractivity contribution in [2.75, 3.05) is 0 Å². The summed E-state index contributed by atoms with van der Waals surface area (Å²) in [6.45, 7) is 4.56. The Kier molecular flexibility index (Phi) is 6.77. The van der Waals surface area contributed by atoms with Gasteiger partial charge in [-0.2, -0.15) is 0 Å². The summed E-state index contributed by atoms with van der Waals surface area (Å²) in [5.74, 6) is 1.07. The Balaban J connectivity index is 1.91. The van der Waals surface area contributed by atoms with Crippen LogP contribution in [-0.4, -0.2) is 0 Å². The predicted molar refractivity (Wildman–Crippen MR) is 112 cm³/mol. The summed E-state index contributed by atoms with van der Waals surface area (Å²) in [4.78, 5) is 0. The molecule has 0 aliphatic carbocycles. The summed E-state index contributed by atoms with van der Waals surface area (Å²) < 4.78 is 6.81. The molecule has 0 saturated carbocycles. The molecule has 0 amide bonds. The van der Waals surface area contributed by atoms with Gasteiger partial charge in [-0.25, -0.2) is 0 Å². The Morgan fingerprint density at radius 1 is 0.654 bits per heavy atom. The second-order valence-electron chi connectivity index (χ2n) is 7.76. The van der Waals surface area contributed by atoms with Gasteiger partial charge in [0.25, 0.3) is 0 Å². The van der Waals surface area contributed by atoms with Crippen LogP contribution in [0.3, 0.4) is 0 Å². The number of hydrogen-bond acceptors (Lipinski definition) is 1. The molecule has 0 spiro atoms. The van der Waals surface area contributed by atoms with Crippen LogP contribution in [-0.2, 0) is 5.60 Å². The van der Waals surface area contributed by atoms with Crippen molar-refractivity contribution in [1.82, 2.24) is 0 Å². The minimum absolute atomic E-state index is 0.146. The predicted octanol–water partition coefficient (Wildman–Crippen LogP) is 7.88. The lowest BCUT2D eigenvalue weighted by Gasteiger charge is -2.41. The largest absolute Gasteiger partial charge is 0.482 e. The van der Waals surface area contributed by atoms with E-state index in [4.69, 9.17) is 4.74 Å². The molecule has 3 rings (SSSR count). The third-order valence-electron chi connectivity index (χ3n) is 5.77. The molecule has 1 heterocycles. The summed E-state index contributed by atoms with van der Waals surface area (Å²) in [6, 6.07) is 17.5. The Morgan fingerprint density at radius 3 is 1.88 bits per heavy atom. The van der Waals surface area contributed by atoms with Crippen LogP contribution in [0.1, 0.15) is 83.6 Å². The van der Waals surface area contributed by atoms with Gasteiger partial charge in [0.2, 0.25) is 0 Å². The standard InChI is InChI=1S/C25H34O/c1-3-5-7-13-19-25(20-14-8-6-4-2)23-17-11-9-15-21(23)22-16-10-12-18-24(22)26-25/h9-12,15-18H,3-8,13-14,19-20H2,1-2H3. The van der Waals surface area contributed by atoms with Crippen molar-refractivity contribution < 1.29 is 4.74 Å². The van der Waals surface area contributed by atoms with Gasteiger partial charge in [-0.15, -0.1) is 0 Å². The van der Waals surface area contributed by atoms with Crippen LogP contribution in [0.15, 0.2) is 48.5 Å². The summed E-state index contributed by atoms with van der Waals surface area (Å²) in [6.07, 6.45) is 12.6. The molecule has 1 aliphatic rings. The number of unbranched alkanes of at least 4 members (excludes halogenated alkanes) is 6. The van der Waals surface area contributed by atoms with E-state index >= 15 is 0 Å². The van der Waals surface area contributed by atoms with Crippen LogP contribution in [0.5, 0.6) is 5.75 Å². The third-order valence-corrected chi connectivity index (χ3v) is 5.77. The fourth-order valence-corrected chi connectivity index (χ4v) is 4.33. The second-order valence-corrected chi connectivity index (χ2v) is 7.76. The first kappa shape index (κ1) is 19.0. The SMILES string of the molecule is CCCCCCC1(CCCCCC)Oc2ccccc2-c2ccccc21.